The van der Waals surface area contributed by atoms with Gasteiger partial charge in [0.15, 0.2) is 0 Å². The molecule has 0 saturated heterocycles. The van der Waals surface area contributed by atoms with Gasteiger partial charge in [-0.05, 0) is 32.1 Å². The number of allylic oxidation sites excluding steroid dienone is 8. The van der Waals surface area contributed by atoms with Gasteiger partial charge in [0.1, 0.15) is 0 Å². The third kappa shape index (κ3) is 6.47. The molecule has 0 spiro atoms. The average molecular weight is 188 g/mol. The Balaban J connectivity index is 2.36. The minimum Gasteiger partial charge on any atom is -0.0882 e. The van der Waals surface area contributed by atoms with E-state index in [9.17, 15) is 0 Å². The molecule has 0 aliphatic heterocycles. The van der Waals surface area contributed by atoms with Crippen molar-refractivity contribution in [1.82, 2.24) is 0 Å². The molecule has 1 rings (SSSR count). The molecule has 1 aliphatic rings. The first-order chi connectivity index (χ1) is 7.00. The first-order valence-electron chi connectivity index (χ1n) is 5.63. The smallest absolute Gasteiger partial charge is 0.0166 e. The minimum absolute atomic E-state index is 1.06. The maximum atomic E-state index is 2.30. The van der Waals surface area contributed by atoms with Crippen molar-refractivity contribution in [2.45, 2.75) is 38.5 Å². The summed E-state index contributed by atoms with van der Waals surface area (Å²) < 4.78 is 0. The molecule has 0 heteroatoms. The molecule has 0 aromatic rings. The highest BCUT2D eigenvalue weighted by Crippen LogP contribution is 2.05. The molecule has 1 aliphatic carbocycles. The third-order valence-electron chi connectivity index (χ3n) is 2.29. The Kier molecular flexibility index (Phi) is 6.74. The molecule has 0 N–H and O–H groups in total. The highest BCUT2D eigenvalue weighted by atomic mass is 13.9. The predicted octanol–water partition coefficient (Wildman–Crippen LogP) is 4.57. The van der Waals surface area contributed by atoms with Crippen LogP contribution in [0.15, 0.2) is 48.6 Å². The fraction of sp³-hybridized carbons (Fsp3) is 0.429. The molecule has 14 heavy (non-hydrogen) atoms. The first-order valence-corrected chi connectivity index (χ1v) is 5.63. The van der Waals surface area contributed by atoms with Gasteiger partial charge in [0.05, 0.1) is 0 Å². The summed E-state index contributed by atoms with van der Waals surface area (Å²) in [4.78, 5) is 0. The van der Waals surface area contributed by atoms with Gasteiger partial charge in [0, 0.05) is 0 Å². The molecule has 0 saturated carbocycles. The second-order valence-corrected chi connectivity index (χ2v) is 3.59. The summed E-state index contributed by atoms with van der Waals surface area (Å²) in [6.45, 7) is 0. The molecule has 76 valence electrons. The topological polar surface area (TPSA) is 0 Å². The Labute approximate surface area is 87.7 Å². The fourth-order valence-corrected chi connectivity index (χ4v) is 1.45. The Morgan fingerprint density at radius 2 is 1.21 bits per heavy atom. The van der Waals surface area contributed by atoms with Crippen molar-refractivity contribution in [3.63, 3.8) is 0 Å². The zero-order chi connectivity index (χ0) is 9.90. The maximum absolute atomic E-state index is 2.30. The van der Waals surface area contributed by atoms with Crippen molar-refractivity contribution in [2.75, 3.05) is 0 Å². The SMILES string of the molecule is C1=C/C=C\C/C=C/CCCCCC=C1. The Bertz CT molecular complexity index is 228. The second kappa shape index (κ2) is 8.55. The van der Waals surface area contributed by atoms with Crippen molar-refractivity contribution in [3.8, 4) is 0 Å². The van der Waals surface area contributed by atoms with Crippen LogP contribution in [0.3, 0.4) is 0 Å². The maximum Gasteiger partial charge on any atom is -0.0166 e. The highest BCUT2D eigenvalue weighted by Gasteiger charge is 1.85. The van der Waals surface area contributed by atoms with E-state index in [0.717, 1.165) is 6.42 Å². The molecule has 0 atom stereocenters. The molecular weight excluding hydrogens is 168 g/mol. The van der Waals surface area contributed by atoms with Crippen molar-refractivity contribution >= 4 is 0 Å². The van der Waals surface area contributed by atoms with E-state index in [2.05, 4.69) is 48.6 Å². The van der Waals surface area contributed by atoms with Crippen molar-refractivity contribution in [3.05, 3.63) is 48.6 Å². The zero-order valence-electron chi connectivity index (χ0n) is 8.86. The van der Waals surface area contributed by atoms with Gasteiger partial charge in [0.25, 0.3) is 0 Å². The van der Waals surface area contributed by atoms with Crippen molar-refractivity contribution in [2.24, 2.45) is 0 Å². The summed E-state index contributed by atoms with van der Waals surface area (Å²) in [5.74, 6) is 0. The average Bonchev–Trinajstić information content (AvgIpc) is 2.22. The number of rotatable bonds is 0. The van der Waals surface area contributed by atoms with E-state index in [1.165, 1.54) is 32.1 Å². The van der Waals surface area contributed by atoms with Crippen LogP contribution in [0.2, 0.25) is 0 Å². The monoisotopic (exact) mass is 188 g/mol. The van der Waals surface area contributed by atoms with Crippen LogP contribution in [-0.2, 0) is 0 Å². The lowest BCUT2D eigenvalue weighted by Crippen LogP contribution is -1.75. The highest BCUT2D eigenvalue weighted by molar-refractivity contribution is 5.11. The minimum atomic E-state index is 1.06. The summed E-state index contributed by atoms with van der Waals surface area (Å²) in [5.41, 5.74) is 0. The van der Waals surface area contributed by atoms with Gasteiger partial charge in [-0.1, -0.05) is 55.0 Å². The van der Waals surface area contributed by atoms with Gasteiger partial charge in [-0.25, -0.2) is 0 Å². The van der Waals surface area contributed by atoms with Gasteiger partial charge in [0.2, 0.25) is 0 Å². The van der Waals surface area contributed by atoms with Crippen LogP contribution < -0.4 is 0 Å². The predicted molar refractivity (Wildman–Crippen MR) is 64.3 cm³/mol. The molecule has 0 heterocycles. The Hall–Kier alpha value is -1.04. The zero-order valence-corrected chi connectivity index (χ0v) is 8.86. The summed E-state index contributed by atoms with van der Waals surface area (Å²) in [6.07, 6.45) is 25.0. The van der Waals surface area contributed by atoms with Gasteiger partial charge < -0.3 is 0 Å². The van der Waals surface area contributed by atoms with Gasteiger partial charge in [-0.3, -0.25) is 0 Å². The largest absolute Gasteiger partial charge is 0.0882 e. The van der Waals surface area contributed by atoms with Crippen LogP contribution in [0.1, 0.15) is 38.5 Å². The van der Waals surface area contributed by atoms with E-state index in [1.54, 1.807) is 0 Å². The first kappa shape index (κ1) is 11.0. The van der Waals surface area contributed by atoms with Crippen LogP contribution in [0.5, 0.6) is 0 Å². The lowest BCUT2D eigenvalue weighted by atomic mass is 10.1. The van der Waals surface area contributed by atoms with E-state index in [-0.39, 0.29) is 0 Å². The quantitative estimate of drug-likeness (QED) is 0.489. The van der Waals surface area contributed by atoms with Crippen molar-refractivity contribution < 1.29 is 0 Å². The van der Waals surface area contributed by atoms with E-state index < -0.39 is 0 Å². The van der Waals surface area contributed by atoms with Crippen molar-refractivity contribution in [1.29, 1.82) is 0 Å². The van der Waals surface area contributed by atoms with E-state index in [4.69, 9.17) is 0 Å². The Morgan fingerprint density at radius 1 is 0.500 bits per heavy atom. The Morgan fingerprint density at radius 3 is 2.07 bits per heavy atom. The summed E-state index contributed by atoms with van der Waals surface area (Å²) in [5, 5.41) is 0. The molecule has 0 bridgehead atoms. The molecular formula is C14H20. The number of hydrogen-bond donors (Lipinski definition) is 0. The summed E-state index contributed by atoms with van der Waals surface area (Å²) in [7, 11) is 0. The molecule has 0 nitrogen and oxygen atoms in total. The van der Waals surface area contributed by atoms with Crippen LogP contribution >= 0.6 is 0 Å². The molecule has 0 amide bonds. The van der Waals surface area contributed by atoms with Gasteiger partial charge >= 0.3 is 0 Å². The van der Waals surface area contributed by atoms with Crippen LogP contribution in [0.25, 0.3) is 0 Å². The summed E-state index contributed by atoms with van der Waals surface area (Å²) >= 11 is 0. The second-order valence-electron chi connectivity index (χ2n) is 3.59. The fourth-order valence-electron chi connectivity index (χ4n) is 1.45. The van der Waals surface area contributed by atoms with Gasteiger partial charge in [-0.15, -0.1) is 0 Å². The van der Waals surface area contributed by atoms with E-state index >= 15 is 0 Å². The molecule has 0 aromatic heterocycles. The van der Waals surface area contributed by atoms with E-state index in [1.807, 2.05) is 0 Å². The molecule has 0 aromatic carbocycles. The molecule has 0 radical (unpaired) electrons. The molecule has 0 fully saturated rings. The van der Waals surface area contributed by atoms with Gasteiger partial charge in [-0.2, -0.15) is 0 Å². The number of hydrogen-bond acceptors (Lipinski definition) is 0. The van der Waals surface area contributed by atoms with Crippen LogP contribution in [0, 0.1) is 0 Å². The lowest BCUT2D eigenvalue weighted by Gasteiger charge is -1.95. The summed E-state index contributed by atoms with van der Waals surface area (Å²) in [6, 6.07) is 0. The molecule has 0 unspecified atom stereocenters. The van der Waals surface area contributed by atoms with Crippen LogP contribution in [0.4, 0.5) is 0 Å². The normalized spacial score (nSPS) is 24.0. The standard InChI is InChI=1S/C14H20/c1-2-4-6-8-10-12-14-13-11-9-7-5-3-1/h1-6,9,11H,7-8,10,12-14H2/b2-1?,5-3-,6-4?,11-9+. The lowest BCUT2D eigenvalue weighted by molar-refractivity contribution is 0.695. The van der Waals surface area contributed by atoms with E-state index in [0.29, 0.717) is 0 Å². The van der Waals surface area contributed by atoms with Crippen LogP contribution in [-0.4, -0.2) is 0 Å². The third-order valence-corrected chi connectivity index (χ3v) is 2.29.